The molecule has 0 saturated heterocycles. The van der Waals surface area contributed by atoms with Crippen LogP contribution in [0.15, 0.2) is 11.6 Å². The number of carbonyl (C=O) groups is 2. The van der Waals surface area contributed by atoms with Crippen molar-refractivity contribution in [3.05, 3.63) is 11.6 Å². The fourth-order valence-electron chi connectivity index (χ4n) is 11.2. The number of rotatable bonds is 3. The number of sulfonamides is 1. The van der Waals surface area contributed by atoms with Gasteiger partial charge in [0, 0.05) is 24.4 Å². The molecule has 0 aromatic rings. The highest BCUT2D eigenvalue weighted by molar-refractivity contribution is 7.90. The Balaban J connectivity index is 1.53. The van der Waals surface area contributed by atoms with Crippen molar-refractivity contribution in [2.45, 2.75) is 118 Å². The predicted molar refractivity (Wildman–Crippen MR) is 156 cm³/mol. The molecule has 7 nitrogen and oxygen atoms in total. The van der Waals surface area contributed by atoms with Gasteiger partial charge in [-0.1, -0.05) is 54.0 Å². The van der Waals surface area contributed by atoms with Crippen LogP contribution in [0.3, 0.4) is 0 Å². The maximum Gasteiger partial charge on any atom is 0.511 e. The van der Waals surface area contributed by atoms with Gasteiger partial charge in [-0.05, 0) is 103 Å². The average molecular weight is 631 g/mol. The summed E-state index contributed by atoms with van der Waals surface area (Å²) in [4.78, 5) is 27.6. The number of fused-ring (bicyclic) bond motifs is 7. The van der Waals surface area contributed by atoms with E-state index in [2.05, 4.69) is 27.7 Å². The number of amides is 1. The number of hydroxylamine groups is 2. The summed E-state index contributed by atoms with van der Waals surface area (Å²) in [6.07, 6.45) is 7.88. The van der Waals surface area contributed by atoms with Gasteiger partial charge < -0.3 is 0 Å². The van der Waals surface area contributed by atoms with Gasteiger partial charge in [0.2, 0.25) is 0 Å². The van der Waals surface area contributed by atoms with Crippen LogP contribution in [0.25, 0.3) is 0 Å². The molecule has 5 aliphatic rings. The van der Waals surface area contributed by atoms with Crippen LogP contribution in [-0.4, -0.2) is 49.0 Å². The van der Waals surface area contributed by atoms with Crippen molar-refractivity contribution in [2.24, 2.45) is 50.2 Å². The van der Waals surface area contributed by atoms with Crippen molar-refractivity contribution in [3.8, 4) is 0 Å². The van der Waals surface area contributed by atoms with E-state index in [4.69, 9.17) is 0 Å². The van der Waals surface area contributed by atoms with Crippen LogP contribution in [0.1, 0.15) is 106 Å². The van der Waals surface area contributed by atoms with E-state index in [1.54, 1.807) is 0 Å². The van der Waals surface area contributed by atoms with Crippen LogP contribution in [0, 0.1) is 50.2 Å². The Labute approximate surface area is 254 Å². The summed E-state index contributed by atoms with van der Waals surface area (Å²) >= 11 is 0. The summed E-state index contributed by atoms with van der Waals surface area (Å²) in [6.45, 7) is 14.5. The second-order valence-electron chi connectivity index (χ2n) is 16.6. The molecular weight excluding hydrogens is 581 g/mol. The lowest BCUT2D eigenvalue weighted by atomic mass is 9.33. The molecule has 5 aliphatic carbocycles. The molecule has 0 aromatic heterocycles. The highest BCUT2D eigenvalue weighted by Crippen LogP contribution is 2.75. The molecule has 4 saturated carbocycles. The maximum absolute atomic E-state index is 14.5. The fraction of sp³-hybridized carbons (Fsp3) is 0.875. The first-order valence-corrected chi connectivity index (χ1v) is 17.2. The Morgan fingerprint density at radius 3 is 2.16 bits per heavy atom. The number of nitrogens with one attached hydrogen (secondary N) is 1. The first-order valence-electron chi connectivity index (χ1n) is 15.7. The summed E-state index contributed by atoms with van der Waals surface area (Å²) in [5.41, 5.74) is -7.08. The minimum absolute atomic E-state index is 0.0186. The second-order valence-corrected chi connectivity index (χ2v) is 18.3. The zero-order valence-electron chi connectivity index (χ0n) is 26.8. The molecule has 43 heavy (non-hydrogen) atoms. The van der Waals surface area contributed by atoms with Crippen molar-refractivity contribution >= 4 is 21.7 Å². The van der Waals surface area contributed by atoms with E-state index >= 15 is 0 Å². The topological polar surface area (TPSA) is 104 Å². The molecule has 4 fully saturated rings. The molecule has 1 amide bonds. The Kier molecular flexibility index (Phi) is 7.30. The van der Waals surface area contributed by atoms with Crippen molar-refractivity contribution in [1.82, 2.24) is 9.79 Å². The molecule has 1 unspecified atom stereocenters. The SMILES string of the molecule is CN(O)C(=O)[C@@]1(C)CC[C@]2(C)CC[C@]3(C)C(=CC(=O)[C@@H]4[C@@]5(C)CC[C@@H](NS(=O)(=O)C(F)(F)F)C(C)(C)C5CC[C@]43C)[C@@H]2C1. The first kappa shape index (κ1) is 32.9. The zero-order chi connectivity index (χ0) is 32.4. The molecule has 0 heterocycles. The number of alkyl halides is 3. The van der Waals surface area contributed by atoms with Crippen LogP contribution in [0.4, 0.5) is 13.2 Å². The van der Waals surface area contributed by atoms with Gasteiger partial charge in [-0.2, -0.15) is 13.2 Å². The van der Waals surface area contributed by atoms with Gasteiger partial charge >= 0.3 is 15.5 Å². The Morgan fingerprint density at radius 1 is 0.977 bits per heavy atom. The minimum Gasteiger partial charge on any atom is -0.295 e. The Bertz CT molecular complexity index is 1360. The highest BCUT2D eigenvalue weighted by atomic mass is 32.2. The summed E-state index contributed by atoms with van der Waals surface area (Å²) in [5, 5.41) is 10.7. The molecule has 0 radical (unpaired) electrons. The standard InChI is InChI=1S/C32H49F3N2O5S/c1-26(2)22-9-12-31(7)24(29(22,5)11-10-23(26)36-43(41,42)32(33,34)35)21(38)17-19-20-18-28(4,25(39)37(8)40)14-13-27(20,3)15-16-30(19,31)6/h17,20,22-24,36,40H,9-16,18H2,1-8H3/t20-,22?,23+,24+,27+,28-,29-,30+,31+/m0/s1. The van der Waals surface area contributed by atoms with E-state index in [1.165, 1.54) is 7.05 Å². The van der Waals surface area contributed by atoms with Gasteiger partial charge in [0.15, 0.2) is 5.78 Å². The second kappa shape index (κ2) is 9.53. The van der Waals surface area contributed by atoms with Gasteiger partial charge in [0.05, 0.1) is 0 Å². The molecule has 0 aromatic carbocycles. The monoisotopic (exact) mass is 630 g/mol. The molecule has 9 atom stereocenters. The molecule has 0 aliphatic heterocycles. The summed E-state index contributed by atoms with van der Waals surface area (Å²) in [6, 6.07) is -0.889. The zero-order valence-corrected chi connectivity index (χ0v) is 27.6. The minimum atomic E-state index is -5.51. The van der Waals surface area contributed by atoms with E-state index in [-0.39, 0.29) is 46.7 Å². The van der Waals surface area contributed by atoms with E-state index in [9.17, 15) is 36.4 Å². The van der Waals surface area contributed by atoms with Gasteiger partial charge in [-0.3, -0.25) is 14.8 Å². The number of ketones is 1. The van der Waals surface area contributed by atoms with Crippen LogP contribution in [0.2, 0.25) is 0 Å². The summed E-state index contributed by atoms with van der Waals surface area (Å²) in [7, 11) is -4.14. The fourth-order valence-corrected chi connectivity index (χ4v) is 12.2. The van der Waals surface area contributed by atoms with E-state index in [0.29, 0.717) is 37.2 Å². The molecule has 244 valence electrons. The van der Waals surface area contributed by atoms with Gasteiger partial charge in [0.25, 0.3) is 5.91 Å². The lowest BCUT2D eigenvalue weighted by Gasteiger charge is -2.70. The maximum atomic E-state index is 14.5. The largest absolute Gasteiger partial charge is 0.511 e. The number of carbonyl (C=O) groups excluding carboxylic acids is 2. The average Bonchev–Trinajstić information content (AvgIpc) is 2.86. The van der Waals surface area contributed by atoms with Gasteiger partial charge in [0.1, 0.15) is 0 Å². The number of nitrogens with zero attached hydrogens (tertiary/aromatic N) is 1. The number of hydrogen-bond acceptors (Lipinski definition) is 5. The highest BCUT2D eigenvalue weighted by Gasteiger charge is 2.70. The van der Waals surface area contributed by atoms with Crippen LogP contribution in [0.5, 0.6) is 0 Å². The normalized spacial score (nSPS) is 46.0. The third kappa shape index (κ3) is 4.43. The van der Waals surface area contributed by atoms with E-state index in [1.807, 2.05) is 31.6 Å². The van der Waals surface area contributed by atoms with Crippen LogP contribution < -0.4 is 4.72 Å². The summed E-state index contributed by atoms with van der Waals surface area (Å²) < 4.78 is 66.1. The molecule has 11 heteroatoms. The lowest BCUT2D eigenvalue weighted by Crippen LogP contribution is -2.68. The number of hydrogen-bond donors (Lipinski definition) is 2. The molecule has 5 rings (SSSR count). The molecular formula is C32H49F3N2O5S. The van der Waals surface area contributed by atoms with Gasteiger partial charge in [-0.25, -0.2) is 18.2 Å². The third-order valence-corrected chi connectivity index (χ3v) is 15.2. The smallest absolute Gasteiger partial charge is 0.295 e. The van der Waals surface area contributed by atoms with Crippen LogP contribution in [-0.2, 0) is 19.6 Å². The van der Waals surface area contributed by atoms with Gasteiger partial charge in [-0.15, -0.1) is 0 Å². The molecule has 0 bridgehead atoms. The number of allylic oxidation sites excluding steroid dienone is 2. The lowest BCUT2D eigenvalue weighted by molar-refractivity contribution is -0.190. The van der Waals surface area contributed by atoms with Crippen LogP contribution >= 0.6 is 0 Å². The van der Waals surface area contributed by atoms with E-state index < -0.39 is 43.2 Å². The Morgan fingerprint density at radius 2 is 1.58 bits per heavy atom. The molecule has 2 N–H and O–H groups in total. The predicted octanol–water partition coefficient (Wildman–Crippen LogP) is 6.62. The van der Waals surface area contributed by atoms with Crippen molar-refractivity contribution in [2.75, 3.05) is 7.05 Å². The summed E-state index contributed by atoms with van der Waals surface area (Å²) in [5.74, 6) is -0.738. The Hall–Kier alpha value is -1.46. The van der Waals surface area contributed by atoms with E-state index in [0.717, 1.165) is 24.8 Å². The van der Waals surface area contributed by atoms with Crippen molar-refractivity contribution in [3.63, 3.8) is 0 Å². The van der Waals surface area contributed by atoms with Crippen molar-refractivity contribution < 1.29 is 36.4 Å². The quantitative estimate of drug-likeness (QED) is 0.269. The van der Waals surface area contributed by atoms with Crippen molar-refractivity contribution in [1.29, 1.82) is 0 Å². The number of halogens is 3. The third-order valence-electron chi connectivity index (χ3n) is 14.0. The molecule has 0 spiro atoms. The first-order chi connectivity index (χ1) is 19.4.